The Morgan fingerprint density at radius 1 is 0.966 bits per heavy atom. The summed E-state index contributed by atoms with van der Waals surface area (Å²) >= 11 is 0. The first kappa shape index (κ1) is 18.9. The van der Waals surface area contributed by atoms with Gasteiger partial charge in [0.2, 0.25) is 11.8 Å². The van der Waals surface area contributed by atoms with Crippen molar-refractivity contribution in [1.82, 2.24) is 4.90 Å². The molecule has 1 N–H and O–H groups in total. The first-order valence-corrected chi connectivity index (χ1v) is 9.70. The summed E-state index contributed by atoms with van der Waals surface area (Å²) in [5, 5.41) is 2.82. The van der Waals surface area contributed by atoms with Gasteiger partial charge in [0.05, 0.1) is 11.1 Å². The van der Waals surface area contributed by atoms with E-state index in [1.807, 2.05) is 6.07 Å². The highest BCUT2D eigenvalue weighted by Gasteiger charge is 2.34. The van der Waals surface area contributed by atoms with Gasteiger partial charge in [-0.1, -0.05) is 18.2 Å². The predicted octanol–water partition coefficient (Wildman–Crippen LogP) is 2.83. The van der Waals surface area contributed by atoms with Crippen LogP contribution in [0.5, 0.6) is 0 Å². The van der Waals surface area contributed by atoms with Crippen LogP contribution in [-0.4, -0.2) is 41.6 Å². The van der Waals surface area contributed by atoms with Gasteiger partial charge in [0.25, 0.3) is 11.8 Å². The second-order valence-electron chi connectivity index (χ2n) is 7.16. The fourth-order valence-corrected chi connectivity index (χ4v) is 3.74. The number of rotatable bonds is 6. The number of nitrogens with zero attached hydrogens (tertiary/aromatic N) is 2. The van der Waals surface area contributed by atoms with Crippen molar-refractivity contribution in [1.29, 1.82) is 0 Å². The summed E-state index contributed by atoms with van der Waals surface area (Å²) in [4.78, 5) is 51.8. The Balaban J connectivity index is 1.31. The summed E-state index contributed by atoms with van der Waals surface area (Å²) in [6.07, 6.45) is 1.95. The van der Waals surface area contributed by atoms with Crippen LogP contribution in [0.2, 0.25) is 0 Å². The lowest BCUT2D eigenvalue weighted by atomic mass is 10.1. The highest BCUT2D eigenvalue weighted by molar-refractivity contribution is 6.21. The van der Waals surface area contributed by atoms with Crippen LogP contribution in [0.25, 0.3) is 0 Å². The van der Waals surface area contributed by atoms with Gasteiger partial charge in [0.1, 0.15) is 0 Å². The molecule has 1 fully saturated rings. The zero-order chi connectivity index (χ0) is 20.4. The van der Waals surface area contributed by atoms with E-state index in [9.17, 15) is 19.2 Å². The molecule has 29 heavy (non-hydrogen) atoms. The smallest absolute Gasteiger partial charge is 0.261 e. The molecule has 4 rings (SSSR count). The molecule has 2 aliphatic heterocycles. The van der Waals surface area contributed by atoms with Crippen LogP contribution in [-0.2, 0) is 9.59 Å². The molecule has 0 atom stereocenters. The van der Waals surface area contributed by atoms with E-state index in [2.05, 4.69) is 5.32 Å². The van der Waals surface area contributed by atoms with E-state index in [1.54, 1.807) is 47.4 Å². The highest BCUT2D eigenvalue weighted by atomic mass is 16.2. The van der Waals surface area contributed by atoms with Crippen LogP contribution in [0.3, 0.4) is 0 Å². The Morgan fingerprint density at radius 2 is 1.69 bits per heavy atom. The summed E-state index contributed by atoms with van der Waals surface area (Å²) in [6, 6.07) is 13.9. The van der Waals surface area contributed by atoms with Crippen molar-refractivity contribution in [3.05, 3.63) is 59.7 Å². The Kier molecular flexibility index (Phi) is 5.12. The second-order valence-corrected chi connectivity index (χ2v) is 7.16. The van der Waals surface area contributed by atoms with Gasteiger partial charge < -0.3 is 10.2 Å². The van der Waals surface area contributed by atoms with Crippen molar-refractivity contribution < 1.29 is 19.2 Å². The molecular weight excluding hydrogens is 370 g/mol. The van der Waals surface area contributed by atoms with E-state index in [-0.39, 0.29) is 36.6 Å². The minimum absolute atomic E-state index is 0.0921. The predicted molar refractivity (Wildman–Crippen MR) is 108 cm³/mol. The number of fused-ring (bicyclic) bond motifs is 1. The Bertz CT molecular complexity index is 966. The number of hydrogen-bond donors (Lipinski definition) is 1. The van der Waals surface area contributed by atoms with E-state index in [1.165, 1.54) is 4.90 Å². The van der Waals surface area contributed by atoms with Crippen molar-refractivity contribution in [3.8, 4) is 0 Å². The zero-order valence-electron chi connectivity index (χ0n) is 15.9. The van der Waals surface area contributed by atoms with E-state index in [0.29, 0.717) is 36.2 Å². The van der Waals surface area contributed by atoms with Crippen LogP contribution in [0, 0.1) is 0 Å². The van der Waals surface area contributed by atoms with Gasteiger partial charge in [-0.3, -0.25) is 24.1 Å². The molecule has 2 aromatic carbocycles. The third-order valence-electron chi connectivity index (χ3n) is 5.18. The number of imide groups is 1. The Morgan fingerprint density at radius 3 is 2.34 bits per heavy atom. The molecule has 0 aliphatic carbocycles. The van der Waals surface area contributed by atoms with Gasteiger partial charge >= 0.3 is 0 Å². The molecule has 2 aromatic rings. The molecule has 4 amide bonds. The Labute approximate surface area is 168 Å². The first-order valence-electron chi connectivity index (χ1n) is 9.70. The number of nitrogens with one attached hydrogen (secondary N) is 1. The number of anilines is 2. The van der Waals surface area contributed by atoms with Crippen molar-refractivity contribution in [2.75, 3.05) is 23.3 Å². The Hall–Kier alpha value is -3.48. The minimum Gasteiger partial charge on any atom is -0.326 e. The zero-order valence-corrected chi connectivity index (χ0v) is 15.9. The summed E-state index contributed by atoms with van der Waals surface area (Å²) in [5.74, 6) is -0.732. The van der Waals surface area contributed by atoms with Gasteiger partial charge in [-0.15, -0.1) is 0 Å². The van der Waals surface area contributed by atoms with E-state index in [0.717, 1.165) is 12.1 Å². The summed E-state index contributed by atoms with van der Waals surface area (Å²) < 4.78 is 0. The van der Waals surface area contributed by atoms with Crippen LogP contribution < -0.4 is 10.2 Å². The fraction of sp³-hybridized carbons (Fsp3) is 0.273. The van der Waals surface area contributed by atoms with Gasteiger partial charge in [-0.05, 0) is 43.2 Å². The molecule has 2 aliphatic rings. The lowest BCUT2D eigenvalue weighted by molar-refractivity contribution is -0.117. The summed E-state index contributed by atoms with van der Waals surface area (Å²) in [6.45, 7) is 0.887. The van der Waals surface area contributed by atoms with Gasteiger partial charge in [-0.25, -0.2) is 0 Å². The quantitative estimate of drug-likeness (QED) is 0.767. The molecule has 0 spiro atoms. The molecular formula is C22H21N3O4. The summed E-state index contributed by atoms with van der Waals surface area (Å²) in [7, 11) is 0. The number of benzene rings is 2. The van der Waals surface area contributed by atoms with Gasteiger partial charge in [-0.2, -0.15) is 0 Å². The van der Waals surface area contributed by atoms with Crippen LogP contribution in [0.4, 0.5) is 11.4 Å². The summed E-state index contributed by atoms with van der Waals surface area (Å²) in [5.41, 5.74) is 2.22. The highest BCUT2D eigenvalue weighted by Crippen LogP contribution is 2.25. The number of carbonyl (C=O) groups excluding carboxylic acids is 4. The third kappa shape index (κ3) is 3.76. The molecule has 2 heterocycles. The average molecular weight is 391 g/mol. The van der Waals surface area contributed by atoms with E-state index in [4.69, 9.17) is 0 Å². The molecule has 7 nitrogen and oxygen atoms in total. The number of carbonyl (C=O) groups is 4. The number of amides is 4. The lowest BCUT2D eigenvalue weighted by Crippen LogP contribution is -2.31. The molecule has 7 heteroatoms. The molecule has 0 unspecified atom stereocenters. The first-order chi connectivity index (χ1) is 14.0. The normalized spacial score (nSPS) is 15.8. The fourth-order valence-electron chi connectivity index (χ4n) is 3.74. The van der Waals surface area contributed by atoms with Gasteiger partial charge in [0.15, 0.2) is 0 Å². The van der Waals surface area contributed by atoms with Crippen LogP contribution in [0.1, 0.15) is 46.4 Å². The van der Waals surface area contributed by atoms with E-state index < -0.39 is 0 Å². The van der Waals surface area contributed by atoms with Gasteiger partial charge in [0, 0.05) is 37.3 Å². The molecule has 1 saturated heterocycles. The van der Waals surface area contributed by atoms with Crippen LogP contribution >= 0.6 is 0 Å². The number of hydrogen-bond acceptors (Lipinski definition) is 4. The van der Waals surface area contributed by atoms with Crippen molar-refractivity contribution in [3.63, 3.8) is 0 Å². The molecule has 148 valence electrons. The average Bonchev–Trinajstić information content (AvgIpc) is 3.25. The maximum atomic E-state index is 12.3. The second kappa shape index (κ2) is 7.87. The van der Waals surface area contributed by atoms with Crippen molar-refractivity contribution >= 4 is 35.0 Å². The monoisotopic (exact) mass is 391 g/mol. The largest absolute Gasteiger partial charge is 0.326 e. The van der Waals surface area contributed by atoms with Crippen LogP contribution in [0.15, 0.2) is 48.5 Å². The van der Waals surface area contributed by atoms with Crippen molar-refractivity contribution in [2.24, 2.45) is 0 Å². The SMILES string of the molecule is O=C(CCCN1C(=O)c2ccccc2C1=O)Nc1cccc(N2CCCC2=O)c1. The van der Waals surface area contributed by atoms with Crippen molar-refractivity contribution in [2.45, 2.75) is 25.7 Å². The lowest BCUT2D eigenvalue weighted by Gasteiger charge is -2.17. The minimum atomic E-state index is -0.311. The maximum Gasteiger partial charge on any atom is 0.261 e. The molecule has 0 aromatic heterocycles. The standard InChI is InChI=1S/C22H21N3O4/c26-19(23-15-6-3-7-16(14-15)24-12-5-11-20(24)27)10-4-13-25-21(28)17-8-1-2-9-18(17)22(25)29/h1-3,6-9,14H,4-5,10-13H2,(H,23,26). The van der Waals surface area contributed by atoms with E-state index >= 15 is 0 Å². The third-order valence-corrected chi connectivity index (χ3v) is 5.18. The molecule has 0 radical (unpaired) electrons. The topological polar surface area (TPSA) is 86.8 Å². The maximum absolute atomic E-state index is 12.3. The molecule has 0 bridgehead atoms. The molecule has 0 saturated carbocycles.